The van der Waals surface area contributed by atoms with Gasteiger partial charge in [-0.25, -0.2) is 0 Å². The van der Waals surface area contributed by atoms with Crippen LogP contribution in [0.5, 0.6) is 0 Å². The molecule has 0 spiro atoms. The van der Waals surface area contributed by atoms with Crippen LogP contribution in [0.15, 0.2) is 28.8 Å². The largest absolute Gasteiger partial charge is 0.373 e. The number of carbonyl (C=O) groups is 1. The Morgan fingerprint density at radius 1 is 1.16 bits per heavy atom. The molecule has 25 heavy (non-hydrogen) atoms. The smallest absolute Gasteiger partial charge is 0.232 e. The first-order chi connectivity index (χ1) is 11.9. The highest BCUT2D eigenvalue weighted by Crippen LogP contribution is 2.20. The van der Waals surface area contributed by atoms with E-state index < -0.39 is 0 Å². The molecule has 5 nitrogen and oxygen atoms in total. The van der Waals surface area contributed by atoms with Gasteiger partial charge < -0.3 is 14.3 Å². The van der Waals surface area contributed by atoms with Gasteiger partial charge in [0, 0.05) is 44.2 Å². The second kappa shape index (κ2) is 8.94. The van der Waals surface area contributed by atoms with E-state index >= 15 is 0 Å². The van der Waals surface area contributed by atoms with Gasteiger partial charge in [0.15, 0.2) is 0 Å². The molecule has 0 fully saturated rings. The van der Waals surface area contributed by atoms with Crippen molar-refractivity contribution in [2.75, 3.05) is 37.8 Å². The van der Waals surface area contributed by atoms with Crippen molar-refractivity contribution < 1.29 is 9.32 Å². The molecule has 0 radical (unpaired) electrons. The molecule has 1 amide bonds. The summed E-state index contributed by atoms with van der Waals surface area (Å²) < 4.78 is 5.15. The number of rotatable bonds is 8. The monoisotopic (exact) mass is 361 g/mol. The first kappa shape index (κ1) is 19.4. The Morgan fingerprint density at radius 2 is 1.88 bits per heavy atom. The van der Waals surface area contributed by atoms with E-state index in [1.165, 1.54) is 11.3 Å². The summed E-state index contributed by atoms with van der Waals surface area (Å²) >= 11 is 1.60. The van der Waals surface area contributed by atoms with E-state index in [1.807, 2.05) is 33.0 Å². The van der Waals surface area contributed by atoms with Crippen molar-refractivity contribution in [3.8, 4) is 0 Å². The number of likely N-dealkylation sites (N-methyl/N-ethyl adjacent to an activating group) is 2. The molecule has 0 atom stereocenters. The number of amides is 1. The van der Waals surface area contributed by atoms with Crippen LogP contribution in [0.4, 0.5) is 5.69 Å². The minimum absolute atomic E-state index is 0.148. The minimum Gasteiger partial charge on any atom is -0.373 e. The molecule has 2 aromatic rings. The Kier molecular flexibility index (Phi) is 6.93. The topological polar surface area (TPSA) is 49.6 Å². The zero-order chi connectivity index (χ0) is 18.4. The second-order valence-corrected chi connectivity index (χ2v) is 7.30. The zero-order valence-corrected chi connectivity index (χ0v) is 16.5. The fourth-order valence-electron chi connectivity index (χ4n) is 2.60. The number of aryl methyl sites for hydroxylation is 3. The summed E-state index contributed by atoms with van der Waals surface area (Å²) in [5.41, 5.74) is 4.45. The molecule has 2 rings (SSSR count). The van der Waals surface area contributed by atoms with E-state index in [0.29, 0.717) is 12.3 Å². The molecule has 1 aromatic heterocycles. The molecule has 1 aromatic carbocycles. The van der Waals surface area contributed by atoms with Crippen LogP contribution in [-0.2, 0) is 10.5 Å². The normalized spacial score (nSPS) is 10.8. The third-order valence-corrected chi connectivity index (χ3v) is 5.32. The standard InChI is InChI=1S/C19H27N3O2S/c1-14-8-6-7-9-18(14)21(4)10-11-22(5)19(23)13-25-12-17-15(2)20-24-16(17)3/h6-9H,10-13H2,1-5H3. The minimum atomic E-state index is 0.148. The Balaban J connectivity index is 1.76. The number of aromatic nitrogens is 1. The molecule has 0 aliphatic heterocycles. The lowest BCUT2D eigenvalue weighted by molar-refractivity contribution is -0.126. The van der Waals surface area contributed by atoms with Crippen molar-refractivity contribution in [2.45, 2.75) is 26.5 Å². The number of para-hydroxylation sites is 1. The molecular weight excluding hydrogens is 334 g/mol. The van der Waals surface area contributed by atoms with E-state index in [2.05, 4.69) is 36.2 Å². The van der Waals surface area contributed by atoms with Gasteiger partial charge >= 0.3 is 0 Å². The van der Waals surface area contributed by atoms with Gasteiger partial charge in [0.2, 0.25) is 5.91 Å². The van der Waals surface area contributed by atoms with Crippen LogP contribution in [0.25, 0.3) is 0 Å². The molecule has 6 heteroatoms. The van der Waals surface area contributed by atoms with Crippen molar-refractivity contribution in [3.63, 3.8) is 0 Å². The summed E-state index contributed by atoms with van der Waals surface area (Å²) in [6.45, 7) is 7.45. The van der Waals surface area contributed by atoms with E-state index in [0.717, 1.165) is 29.3 Å². The van der Waals surface area contributed by atoms with Crippen molar-refractivity contribution >= 4 is 23.4 Å². The molecule has 1 heterocycles. The van der Waals surface area contributed by atoms with Gasteiger partial charge in [-0.1, -0.05) is 23.4 Å². The van der Waals surface area contributed by atoms with Crippen LogP contribution in [0.2, 0.25) is 0 Å². The van der Waals surface area contributed by atoms with Gasteiger partial charge in [-0.3, -0.25) is 4.79 Å². The van der Waals surface area contributed by atoms with Crippen LogP contribution in [0, 0.1) is 20.8 Å². The molecular formula is C19H27N3O2S. The van der Waals surface area contributed by atoms with Gasteiger partial charge in [0.05, 0.1) is 11.4 Å². The Bertz CT molecular complexity index is 695. The van der Waals surface area contributed by atoms with Crippen LogP contribution < -0.4 is 4.90 Å². The maximum atomic E-state index is 12.3. The summed E-state index contributed by atoms with van der Waals surface area (Å²) in [6, 6.07) is 8.29. The summed E-state index contributed by atoms with van der Waals surface area (Å²) in [7, 11) is 3.93. The maximum absolute atomic E-state index is 12.3. The van der Waals surface area contributed by atoms with Gasteiger partial charge in [0.1, 0.15) is 5.76 Å². The lowest BCUT2D eigenvalue weighted by atomic mass is 10.2. The Labute approximate surface area is 154 Å². The Hall–Kier alpha value is -1.95. The molecule has 0 aliphatic rings. The van der Waals surface area contributed by atoms with E-state index in [1.54, 1.807) is 16.7 Å². The van der Waals surface area contributed by atoms with E-state index in [-0.39, 0.29) is 5.91 Å². The molecule has 0 bridgehead atoms. The lowest BCUT2D eigenvalue weighted by Crippen LogP contribution is -2.35. The van der Waals surface area contributed by atoms with Crippen molar-refractivity contribution in [1.82, 2.24) is 10.1 Å². The van der Waals surface area contributed by atoms with Crippen LogP contribution in [0.3, 0.4) is 0 Å². The fraction of sp³-hybridized carbons (Fsp3) is 0.474. The number of nitrogens with zero attached hydrogens (tertiary/aromatic N) is 3. The van der Waals surface area contributed by atoms with Crippen LogP contribution in [0.1, 0.15) is 22.6 Å². The molecule has 0 aliphatic carbocycles. The van der Waals surface area contributed by atoms with Crippen molar-refractivity contribution in [3.05, 3.63) is 46.8 Å². The molecule has 0 saturated heterocycles. The van der Waals surface area contributed by atoms with Crippen LogP contribution in [-0.4, -0.2) is 48.9 Å². The lowest BCUT2D eigenvalue weighted by Gasteiger charge is -2.25. The average molecular weight is 362 g/mol. The van der Waals surface area contributed by atoms with E-state index in [9.17, 15) is 4.79 Å². The summed E-state index contributed by atoms with van der Waals surface area (Å²) in [5.74, 6) is 2.21. The molecule has 136 valence electrons. The average Bonchev–Trinajstić information content (AvgIpc) is 2.91. The van der Waals surface area contributed by atoms with Gasteiger partial charge in [0.25, 0.3) is 0 Å². The highest BCUT2D eigenvalue weighted by molar-refractivity contribution is 7.99. The van der Waals surface area contributed by atoms with E-state index in [4.69, 9.17) is 4.52 Å². The highest BCUT2D eigenvalue weighted by atomic mass is 32.2. The van der Waals surface area contributed by atoms with Crippen LogP contribution >= 0.6 is 11.8 Å². The number of carbonyl (C=O) groups excluding carboxylic acids is 1. The highest BCUT2D eigenvalue weighted by Gasteiger charge is 2.13. The first-order valence-corrected chi connectivity index (χ1v) is 9.56. The van der Waals surface area contributed by atoms with Crippen molar-refractivity contribution in [1.29, 1.82) is 0 Å². The number of anilines is 1. The number of hydrogen-bond donors (Lipinski definition) is 0. The summed E-state index contributed by atoms with van der Waals surface area (Å²) in [5, 5.41) is 3.94. The summed E-state index contributed by atoms with van der Waals surface area (Å²) in [6.07, 6.45) is 0. The third kappa shape index (κ3) is 5.26. The number of benzene rings is 1. The predicted molar refractivity (Wildman–Crippen MR) is 104 cm³/mol. The Morgan fingerprint density at radius 3 is 2.52 bits per heavy atom. The number of hydrogen-bond acceptors (Lipinski definition) is 5. The van der Waals surface area contributed by atoms with Gasteiger partial charge in [-0.2, -0.15) is 0 Å². The van der Waals surface area contributed by atoms with Gasteiger partial charge in [-0.15, -0.1) is 11.8 Å². The summed E-state index contributed by atoms with van der Waals surface area (Å²) in [4.78, 5) is 16.3. The first-order valence-electron chi connectivity index (χ1n) is 8.40. The van der Waals surface area contributed by atoms with Gasteiger partial charge in [-0.05, 0) is 32.4 Å². The second-order valence-electron chi connectivity index (χ2n) is 6.32. The quantitative estimate of drug-likeness (QED) is 0.721. The predicted octanol–water partition coefficient (Wildman–Crippen LogP) is 3.43. The fourth-order valence-corrected chi connectivity index (χ4v) is 3.71. The maximum Gasteiger partial charge on any atom is 0.232 e. The molecule has 0 unspecified atom stereocenters. The third-order valence-electron chi connectivity index (χ3n) is 4.38. The van der Waals surface area contributed by atoms with Crippen molar-refractivity contribution in [2.24, 2.45) is 0 Å². The SMILES string of the molecule is Cc1ccccc1N(C)CCN(C)C(=O)CSCc1c(C)noc1C. The zero-order valence-electron chi connectivity index (χ0n) is 15.7. The molecule has 0 saturated carbocycles. The molecule has 0 N–H and O–H groups in total. The number of thioether (sulfide) groups is 1.